The first-order valence-corrected chi connectivity index (χ1v) is 6.66. The zero-order chi connectivity index (χ0) is 11.1. The predicted molar refractivity (Wildman–Crippen MR) is 67.4 cm³/mol. The van der Waals surface area contributed by atoms with Crippen molar-refractivity contribution in [1.29, 1.82) is 0 Å². The Balaban J connectivity index is 2.00. The summed E-state index contributed by atoms with van der Waals surface area (Å²) >= 11 is 0. The number of fused-ring (bicyclic) bond motifs is 3. The zero-order valence-corrected chi connectivity index (χ0v) is 10.0. The molecule has 2 aliphatic rings. The molecule has 1 fully saturated rings. The fourth-order valence-corrected chi connectivity index (χ4v) is 3.94. The smallest absolute Gasteiger partial charge is 0.0107 e. The summed E-state index contributed by atoms with van der Waals surface area (Å²) in [6.07, 6.45) is 5.14. The van der Waals surface area contributed by atoms with E-state index in [-0.39, 0.29) is 0 Å². The fourth-order valence-electron chi connectivity index (χ4n) is 3.94. The molecule has 0 radical (unpaired) electrons. The van der Waals surface area contributed by atoms with Gasteiger partial charge in [-0.25, -0.2) is 0 Å². The van der Waals surface area contributed by atoms with E-state index in [0.29, 0.717) is 6.04 Å². The van der Waals surface area contributed by atoms with Gasteiger partial charge >= 0.3 is 0 Å². The predicted octanol–water partition coefficient (Wildman–Crippen LogP) is 3.09. The maximum atomic E-state index is 6.31. The van der Waals surface area contributed by atoms with Crippen LogP contribution in [0.2, 0.25) is 0 Å². The molecule has 86 valence electrons. The summed E-state index contributed by atoms with van der Waals surface area (Å²) < 4.78 is 0. The molecule has 1 heteroatoms. The Kier molecular flexibility index (Phi) is 2.51. The van der Waals surface area contributed by atoms with Crippen LogP contribution in [-0.2, 0) is 6.42 Å². The molecule has 1 saturated carbocycles. The van der Waals surface area contributed by atoms with Crippen molar-refractivity contribution in [2.75, 3.05) is 0 Å². The van der Waals surface area contributed by atoms with E-state index in [0.717, 1.165) is 17.8 Å². The second-order valence-electron chi connectivity index (χ2n) is 5.43. The third-order valence-corrected chi connectivity index (χ3v) is 4.78. The Labute approximate surface area is 98.0 Å². The average Bonchev–Trinajstić information content (AvgIpc) is 2.47. The summed E-state index contributed by atoms with van der Waals surface area (Å²) in [6.45, 7) is 2.29. The molecule has 0 aliphatic heterocycles. The first-order chi connectivity index (χ1) is 7.83. The minimum absolute atomic E-state index is 0.459. The Hall–Kier alpha value is -0.820. The second kappa shape index (κ2) is 3.89. The maximum Gasteiger partial charge on any atom is 0.0107 e. The monoisotopic (exact) mass is 215 g/mol. The highest BCUT2D eigenvalue weighted by atomic mass is 14.8. The molecule has 1 aromatic rings. The van der Waals surface area contributed by atoms with Crippen molar-refractivity contribution in [1.82, 2.24) is 0 Å². The van der Waals surface area contributed by atoms with Crippen LogP contribution in [0.5, 0.6) is 0 Å². The van der Waals surface area contributed by atoms with E-state index in [9.17, 15) is 0 Å². The summed E-state index contributed by atoms with van der Waals surface area (Å²) in [5.41, 5.74) is 9.51. The molecule has 0 bridgehead atoms. The van der Waals surface area contributed by atoms with Crippen LogP contribution in [0, 0.1) is 11.8 Å². The van der Waals surface area contributed by atoms with Gasteiger partial charge in [-0.2, -0.15) is 0 Å². The molecular formula is C15H21N. The highest BCUT2D eigenvalue weighted by Gasteiger charge is 2.48. The largest absolute Gasteiger partial charge is 0.327 e. The molecule has 4 unspecified atom stereocenters. The van der Waals surface area contributed by atoms with Gasteiger partial charge in [0.15, 0.2) is 0 Å². The quantitative estimate of drug-likeness (QED) is 0.765. The molecule has 0 amide bonds. The Morgan fingerprint density at radius 3 is 2.94 bits per heavy atom. The Morgan fingerprint density at radius 1 is 1.31 bits per heavy atom. The molecule has 2 N–H and O–H groups in total. The van der Waals surface area contributed by atoms with E-state index in [1.807, 2.05) is 0 Å². The fraction of sp³-hybridized carbons (Fsp3) is 0.600. The van der Waals surface area contributed by atoms with Gasteiger partial charge in [0.1, 0.15) is 0 Å². The zero-order valence-electron chi connectivity index (χ0n) is 10.0. The van der Waals surface area contributed by atoms with Gasteiger partial charge < -0.3 is 5.73 Å². The SMILES string of the molecule is CCC1C(N)C2CCCc3ccccc3C12. The summed E-state index contributed by atoms with van der Waals surface area (Å²) in [7, 11) is 0. The molecule has 0 heterocycles. The number of rotatable bonds is 1. The van der Waals surface area contributed by atoms with Gasteiger partial charge in [0.25, 0.3) is 0 Å². The molecule has 3 rings (SSSR count). The molecule has 0 saturated heterocycles. The molecule has 4 atom stereocenters. The third-order valence-electron chi connectivity index (χ3n) is 4.78. The highest BCUT2D eigenvalue weighted by molar-refractivity contribution is 5.36. The lowest BCUT2D eigenvalue weighted by atomic mass is 9.57. The van der Waals surface area contributed by atoms with Crippen LogP contribution in [-0.4, -0.2) is 6.04 Å². The van der Waals surface area contributed by atoms with E-state index in [2.05, 4.69) is 31.2 Å². The van der Waals surface area contributed by atoms with Crippen LogP contribution in [0.4, 0.5) is 0 Å². The first-order valence-electron chi connectivity index (χ1n) is 6.66. The van der Waals surface area contributed by atoms with Crippen LogP contribution in [0.1, 0.15) is 43.2 Å². The first kappa shape index (κ1) is 10.3. The molecular weight excluding hydrogens is 194 g/mol. The molecule has 16 heavy (non-hydrogen) atoms. The summed E-state index contributed by atoms with van der Waals surface area (Å²) in [6, 6.07) is 9.48. The van der Waals surface area contributed by atoms with Crippen LogP contribution < -0.4 is 5.73 Å². The van der Waals surface area contributed by atoms with Gasteiger partial charge in [0.05, 0.1) is 0 Å². The number of hydrogen-bond donors (Lipinski definition) is 1. The van der Waals surface area contributed by atoms with Crippen molar-refractivity contribution >= 4 is 0 Å². The summed E-state index contributed by atoms with van der Waals surface area (Å²) in [4.78, 5) is 0. The van der Waals surface area contributed by atoms with E-state index in [1.165, 1.54) is 25.7 Å². The van der Waals surface area contributed by atoms with Gasteiger partial charge in [-0.15, -0.1) is 0 Å². The molecule has 1 aromatic carbocycles. The second-order valence-corrected chi connectivity index (χ2v) is 5.43. The molecule has 0 aromatic heterocycles. The lowest BCUT2D eigenvalue weighted by Crippen LogP contribution is -2.54. The topological polar surface area (TPSA) is 26.0 Å². The van der Waals surface area contributed by atoms with Crippen LogP contribution in [0.15, 0.2) is 24.3 Å². The van der Waals surface area contributed by atoms with Gasteiger partial charge in [0, 0.05) is 6.04 Å². The maximum absolute atomic E-state index is 6.31. The van der Waals surface area contributed by atoms with Crippen LogP contribution in [0.25, 0.3) is 0 Å². The van der Waals surface area contributed by atoms with E-state index in [4.69, 9.17) is 5.73 Å². The van der Waals surface area contributed by atoms with Crippen molar-refractivity contribution in [3.63, 3.8) is 0 Å². The average molecular weight is 215 g/mol. The van der Waals surface area contributed by atoms with Crippen molar-refractivity contribution in [2.24, 2.45) is 17.6 Å². The Bertz CT molecular complexity index is 385. The third kappa shape index (κ3) is 1.34. The van der Waals surface area contributed by atoms with Crippen LogP contribution in [0.3, 0.4) is 0 Å². The van der Waals surface area contributed by atoms with Gasteiger partial charge in [0.2, 0.25) is 0 Å². The Morgan fingerprint density at radius 2 is 2.12 bits per heavy atom. The van der Waals surface area contributed by atoms with Crippen molar-refractivity contribution < 1.29 is 0 Å². The number of aryl methyl sites for hydroxylation is 1. The van der Waals surface area contributed by atoms with E-state index in [1.54, 1.807) is 11.1 Å². The number of hydrogen-bond acceptors (Lipinski definition) is 1. The van der Waals surface area contributed by atoms with E-state index < -0.39 is 0 Å². The van der Waals surface area contributed by atoms with Crippen LogP contribution >= 0.6 is 0 Å². The molecule has 1 nitrogen and oxygen atoms in total. The summed E-state index contributed by atoms with van der Waals surface area (Å²) in [5.74, 6) is 2.25. The van der Waals surface area contributed by atoms with Crippen molar-refractivity contribution in [2.45, 2.75) is 44.6 Å². The number of nitrogens with two attached hydrogens (primary N) is 1. The van der Waals surface area contributed by atoms with Gasteiger partial charge in [-0.1, -0.05) is 37.6 Å². The van der Waals surface area contributed by atoms with Crippen molar-refractivity contribution in [3.05, 3.63) is 35.4 Å². The summed E-state index contributed by atoms with van der Waals surface area (Å²) in [5, 5.41) is 0. The van der Waals surface area contributed by atoms with Gasteiger partial charge in [-0.3, -0.25) is 0 Å². The van der Waals surface area contributed by atoms with Crippen molar-refractivity contribution in [3.8, 4) is 0 Å². The lowest BCUT2D eigenvalue weighted by Gasteiger charge is -2.50. The lowest BCUT2D eigenvalue weighted by molar-refractivity contribution is 0.0885. The number of benzene rings is 1. The van der Waals surface area contributed by atoms with E-state index >= 15 is 0 Å². The standard InChI is InChI=1S/C15H21N/c1-2-11-14-12-8-4-3-6-10(12)7-5-9-13(14)15(11)16/h3-4,6,8,11,13-15H,2,5,7,9,16H2,1H3. The molecule has 2 aliphatic carbocycles. The highest BCUT2D eigenvalue weighted by Crippen LogP contribution is 2.52. The minimum atomic E-state index is 0.459. The minimum Gasteiger partial charge on any atom is -0.327 e. The molecule has 0 spiro atoms. The van der Waals surface area contributed by atoms with Gasteiger partial charge in [-0.05, 0) is 48.1 Å². The normalized spacial score (nSPS) is 36.9.